The van der Waals surface area contributed by atoms with Crippen LogP contribution in [0.1, 0.15) is 79.6 Å². The zero-order valence-electron chi connectivity index (χ0n) is 19.4. The van der Waals surface area contributed by atoms with E-state index in [0.717, 1.165) is 50.1 Å². The van der Waals surface area contributed by atoms with Crippen LogP contribution in [0.4, 0.5) is 4.79 Å². The van der Waals surface area contributed by atoms with Gasteiger partial charge in [-0.3, -0.25) is 14.5 Å². The summed E-state index contributed by atoms with van der Waals surface area (Å²) in [5.74, 6) is 0.108. The molecule has 3 aliphatic rings. The summed E-state index contributed by atoms with van der Waals surface area (Å²) in [6, 6.07) is 0.216. The third-order valence-electron chi connectivity index (χ3n) is 8.03. The maximum Gasteiger partial charge on any atom is 0.325 e. The number of nitrogens with zero attached hydrogens (tertiary/aromatic N) is 2. The molecule has 1 saturated carbocycles. The first-order valence-corrected chi connectivity index (χ1v) is 11.8. The summed E-state index contributed by atoms with van der Waals surface area (Å²) in [5, 5.41) is 5.97. The van der Waals surface area contributed by atoms with Gasteiger partial charge < -0.3 is 15.5 Å². The molecule has 2 aliphatic heterocycles. The lowest BCUT2D eigenvalue weighted by Crippen LogP contribution is -2.52. The van der Waals surface area contributed by atoms with Gasteiger partial charge in [-0.2, -0.15) is 0 Å². The third kappa shape index (κ3) is 4.66. The van der Waals surface area contributed by atoms with Gasteiger partial charge in [-0.1, -0.05) is 27.2 Å². The van der Waals surface area contributed by atoms with Gasteiger partial charge in [0.15, 0.2) is 0 Å². The largest absolute Gasteiger partial charge is 0.352 e. The van der Waals surface area contributed by atoms with E-state index in [1.54, 1.807) is 0 Å². The molecule has 2 N–H and O–H groups in total. The Hall–Kier alpha value is -1.63. The normalized spacial score (nSPS) is 29.0. The van der Waals surface area contributed by atoms with Crippen LogP contribution in [0.2, 0.25) is 0 Å². The highest BCUT2D eigenvalue weighted by Gasteiger charge is 2.53. The van der Waals surface area contributed by atoms with Gasteiger partial charge in [0.25, 0.3) is 5.91 Å². The second-order valence-corrected chi connectivity index (χ2v) is 10.5. The molecule has 0 radical (unpaired) electrons. The molecule has 7 heteroatoms. The molecule has 30 heavy (non-hydrogen) atoms. The molecule has 0 atom stereocenters. The highest BCUT2D eigenvalue weighted by molar-refractivity contribution is 6.09. The van der Waals surface area contributed by atoms with Gasteiger partial charge >= 0.3 is 6.03 Å². The number of piperidine rings is 1. The van der Waals surface area contributed by atoms with Crippen LogP contribution in [-0.4, -0.2) is 64.9 Å². The second-order valence-electron chi connectivity index (χ2n) is 10.5. The van der Waals surface area contributed by atoms with Gasteiger partial charge in [-0.25, -0.2) is 4.79 Å². The Bertz CT molecular complexity index is 659. The van der Waals surface area contributed by atoms with Crippen molar-refractivity contribution in [2.24, 2.45) is 11.3 Å². The highest BCUT2D eigenvalue weighted by atomic mass is 16.2. The van der Waals surface area contributed by atoms with Crippen molar-refractivity contribution >= 4 is 17.8 Å². The lowest BCUT2D eigenvalue weighted by Gasteiger charge is -2.42. The number of carbonyl (C=O) groups excluding carboxylic acids is 3. The number of likely N-dealkylation sites (tertiary alicyclic amines) is 1. The van der Waals surface area contributed by atoms with Crippen LogP contribution in [0.5, 0.6) is 0 Å². The Labute approximate surface area is 181 Å². The van der Waals surface area contributed by atoms with Crippen molar-refractivity contribution in [1.82, 2.24) is 20.4 Å². The van der Waals surface area contributed by atoms with Crippen LogP contribution in [-0.2, 0) is 9.59 Å². The Balaban J connectivity index is 1.52. The number of carbonyl (C=O) groups is 3. The molecular formula is C23H40N4O3. The minimum Gasteiger partial charge on any atom is -0.352 e. The molecular weight excluding hydrogens is 380 g/mol. The summed E-state index contributed by atoms with van der Waals surface area (Å²) in [7, 11) is 0. The lowest BCUT2D eigenvalue weighted by molar-refractivity contribution is -0.136. The molecule has 3 rings (SSSR count). The number of amides is 4. The van der Waals surface area contributed by atoms with Crippen molar-refractivity contribution in [2.75, 3.05) is 19.6 Å². The molecule has 1 aliphatic carbocycles. The van der Waals surface area contributed by atoms with Crippen LogP contribution in [0.25, 0.3) is 0 Å². The minimum atomic E-state index is -0.805. The fourth-order valence-corrected chi connectivity index (χ4v) is 5.32. The van der Waals surface area contributed by atoms with Gasteiger partial charge in [0.1, 0.15) is 12.1 Å². The number of hydrogen-bond donors (Lipinski definition) is 2. The van der Waals surface area contributed by atoms with Crippen LogP contribution < -0.4 is 10.6 Å². The summed E-state index contributed by atoms with van der Waals surface area (Å²) in [4.78, 5) is 41.8. The van der Waals surface area contributed by atoms with Gasteiger partial charge in [0, 0.05) is 25.2 Å². The monoisotopic (exact) mass is 420 g/mol. The predicted octanol–water partition coefficient (Wildman–Crippen LogP) is 2.89. The van der Waals surface area contributed by atoms with Crippen LogP contribution in [0.15, 0.2) is 0 Å². The molecule has 2 heterocycles. The van der Waals surface area contributed by atoms with Crippen LogP contribution in [0, 0.1) is 11.3 Å². The van der Waals surface area contributed by atoms with E-state index in [1.165, 1.54) is 0 Å². The van der Waals surface area contributed by atoms with Crippen molar-refractivity contribution in [3.63, 3.8) is 0 Å². The molecule has 0 bridgehead atoms. The van der Waals surface area contributed by atoms with Crippen LogP contribution in [0.3, 0.4) is 0 Å². The minimum absolute atomic E-state index is 0.119. The topological polar surface area (TPSA) is 81.8 Å². The van der Waals surface area contributed by atoms with E-state index in [4.69, 9.17) is 0 Å². The standard InChI is InChI=1S/C23H40N4O3/c1-6-22(4,5)17-7-11-23(12-8-17)20(29)27(21(30)25-23)15-19(28)24-18-9-13-26(14-10-18)16(2)3/h16-18H,6-15H2,1-5H3,(H,24,28)(H,25,30). The van der Waals surface area contributed by atoms with Crippen molar-refractivity contribution in [3.05, 3.63) is 0 Å². The lowest BCUT2D eigenvalue weighted by atomic mass is 9.65. The number of hydrogen-bond acceptors (Lipinski definition) is 4. The summed E-state index contributed by atoms with van der Waals surface area (Å²) < 4.78 is 0. The zero-order chi connectivity index (χ0) is 22.1. The molecule has 4 amide bonds. The molecule has 0 unspecified atom stereocenters. The molecule has 170 valence electrons. The van der Waals surface area contributed by atoms with Crippen molar-refractivity contribution in [1.29, 1.82) is 0 Å². The van der Waals surface area contributed by atoms with E-state index in [9.17, 15) is 14.4 Å². The van der Waals surface area contributed by atoms with Crippen molar-refractivity contribution < 1.29 is 14.4 Å². The first-order valence-electron chi connectivity index (χ1n) is 11.8. The molecule has 2 saturated heterocycles. The van der Waals surface area contributed by atoms with Gasteiger partial charge in [-0.15, -0.1) is 0 Å². The van der Waals surface area contributed by atoms with Gasteiger partial charge in [0.2, 0.25) is 5.91 Å². The van der Waals surface area contributed by atoms with Gasteiger partial charge in [-0.05, 0) is 63.7 Å². The molecule has 3 fully saturated rings. The van der Waals surface area contributed by atoms with E-state index in [1.807, 2.05) is 0 Å². The van der Waals surface area contributed by atoms with E-state index < -0.39 is 11.6 Å². The van der Waals surface area contributed by atoms with E-state index >= 15 is 0 Å². The fraction of sp³-hybridized carbons (Fsp3) is 0.870. The van der Waals surface area contributed by atoms with E-state index in [0.29, 0.717) is 24.8 Å². The summed E-state index contributed by atoms with van der Waals surface area (Å²) in [5.41, 5.74) is -0.557. The average molecular weight is 421 g/mol. The fourth-order valence-electron chi connectivity index (χ4n) is 5.32. The van der Waals surface area contributed by atoms with Gasteiger partial charge in [0.05, 0.1) is 0 Å². The van der Waals surface area contributed by atoms with E-state index in [2.05, 4.69) is 50.2 Å². The molecule has 1 spiro atoms. The third-order valence-corrected chi connectivity index (χ3v) is 8.03. The zero-order valence-corrected chi connectivity index (χ0v) is 19.4. The Morgan fingerprint density at radius 1 is 1.17 bits per heavy atom. The predicted molar refractivity (Wildman–Crippen MR) is 117 cm³/mol. The Morgan fingerprint density at radius 2 is 1.77 bits per heavy atom. The molecule has 0 aromatic carbocycles. The van der Waals surface area contributed by atoms with Crippen LogP contribution >= 0.6 is 0 Å². The quantitative estimate of drug-likeness (QED) is 0.648. The summed E-state index contributed by atoms with van der Waals surface area (Å²) in [6.07, 6.45) is 6.11. The summed E-state index contributed by atoms with van der Waals surface area (Å²) >= 11 is 0. The number of rotatable bonds is 6. The first-order chi connectivity index (χ1) is 14.1. The Kier molecular flexibility index (Phi) is 6.80. The molecule has 0 aromatic heterocycles. The second kappa shape index (κ2) is 8.85. The number of imide groups is 1. The maximum atomic E-state index is 13.1. The number of urea groups is 1. The van der Waals surface area contributed by atoms with Crippen molar-refractivity contribution in [2.45, 2.75) is 97.2 Å². The smallest absolute Gasteiger partial charge is 0.325 e. The maximum absolute atomic E-state index is 13.1. The molecule has 0 aromatic rings. The molecule has 7 nitrogen and oxygen atoms in total. The van der Waals surface area contributed by atoms with E-state index in [-0.39, 0.29) is 29.8 Å². The SMILES string of the molecule is CCC(C)(C)C1CCC2(CC1)NC(=O)N(CC(=O)NC1CCN(C(C)C)CC1)C2=O. The Morgan fingerprint density at radius 3 is 2.30 bits per heavy atom. The van der Waals surface area contributed by atoms with Crippen molar-refractivity contribution in [3.8, 4) is 0 Å². The average Bonchev–Trinajstić information content (AvgIpc) is 2.92. The summed E-state index contributed by atoms with van der Waals surface area (Å²) in [6.45, 7) is 12.9. The number of nitrogens with one attached hydrogen (secondary N) is 2. The first kappa shape index (κ1) is 23.0. The highest BCUT2D eigenvalue weighted by Crippen LogP contribution is 2.45.